The molecule has 1 aliphatic rings. The lowest BCUT2D eigenvalue weighted by Gasteiger charge is -2.44. The molecule has 1 fully saturated rings. The number of carbonyl (C=O) groups excluding carboxylic acids is 2. The average Bonchev–Trinajstić information content (AvgIpc) is 2.81. The van der Waals surface area contributed by atoms with Crippen LogP contribution in [-0.4, -0.2) is 46.9 Å². The zero-order chi connectivity index (χ0) is 28.8. The molecule has 1 saturated carbocycles. The highest BCUT2D eigenvalue weighted by Crippen LogP contribution is 2.41. The molecule has 2 aromatic rings. The van der Waals surface area contributed by atoms with E-state index in [0.717, 1.165) is 37.0 Å². The van der Waals surface area contributed by atoms with Crippen LogP contribution in [0.1, 0.15) is 62.4 Å². The number of nitrogens with one attached hydrogen (secondary N) is 2. The van der Waals surface area contributed by atoms with Crippen molar-refractivity contribution in [3.05, 3.63) is 59.7 Å². The van der Waals surface area contributed by atoms with Crippen molar-refractivity contribution in [2.24, 2.45) is 11.3 Å². The Morgan fingerprint density at radius 2 is 1.69 bits per heavy atom. The van der Waals surface area contributed by atoms with E-state index >= 15 is 0 Å². The fourth-order valence-corrected chi connectivity index (χ4v) is 5.18. The molecule has 3 rings (SSSR count). The van der Waals surface area contributed by atoms with Crippen LogP contribution in [0.3, 0.4) is 0 Å². The molecule has 0 spiro atoms. The van der Waals surface area contributed by atoms with Gasteiger partial charge in [-0.3, -0.25) is 9.59 Å². The standard InChI is InChI=1S/C28H34F3N3O5/c1-18-14-22(16-27(2,3)15-18)34(26(38)33-21-8-10-23(11-9-21)39-28(29,30)31)17-19-4-6-20(7-5-19)25(37)32-13-12-24(35)36/h4-11,18,22H,12-17H2,1-3H3,(H,32,37)(H,33,38)(H,35,36). The normalized spacial score (nSPS) is 18.6. The molecular weight excluding hydrogens is 515 g/mol. The van der Waals surface area contributed by atoms with E-state index in [1.54, 1.807) is 29.2 Å². The van der Waals surface area contributed by atoms with Gasteiger partial charge in [-0.25, -0.2) is 4.79 Å². The number of amides is 3. The Kier molecular flexibility index (Phi) is 9.47. The molecule has 3 N–H and O–H groups in total. The van der Waals surface area contributed by atoms with E-state index in [0.29, 0.717) is 17.2 Å². The van der Waals surface area contributed by atoms with E-state index in [1.165, 1.54) is 12.1 Å². The van der Waals surface area contributed by atoms with Gasteiger partial charge in [-0.15, -0.1) is 13.2 Å². The molecule has 39 heavy (non-hydrogen) atoms. The van der Waals surface area contributed by atoms with Crippen LogP contribution in [0.5, 0.6) is 5.75 Å². The number of aliphatic carboxylic acids is 1. The largest absolute Gasteiger partial charge is 0.573 e. The maximum Gasteiger partial charge on any atom is 0.573 e. The third kappa shape index (κ3) is 9.49. The predicted octanol–water partition coefficient (Wildman–Crippen LogP) is 6.04. The number of hydrogen-bond donors (Lipinski definition) is 3. The zero-order valence-electron chi connectivity index (χ0n) is 22.2. The van der Waals surface area contributed by atoms with Gasteiger partial charge in [0, 0.05) is 30.4 Å². The first-order chi connectivity index (χ1) is 18.2. The van der Waals surface area contributed by atoms with Crippen molar-refractivity contribution >= 4 is 23.6 Å². The minimum Gasteiger partial charge on any atom is -0.481 e. The lowest BCUT2D eigenvalue weighted by atomic mass is 9.70. The minimum atomic E-state index is -4.80. The van der Waals surface area contributed by atoms with E-state index in [9.17, 15) is 27.6 Å². The van der Waals surface area contributed by atoms with Crippen LogP contribution >= 0.6 is 0 Å². The van der Waals surface area contributed by atoms with E-state index in [1.807, 2.05) is 0 Å². The number of ether oxygens (including phenoxy) is 1. The minimum absolute atomic E-state index is 0.0167. The number of nitrogens with zero attached hydrogens (tertiary/aromatic N) is 1. The molecule has 0 heterocycles. The summed E-state index contributed by atoms with van der Waals surface area (Å²) in [6.45, 7) is 6.77. The molecule has 3 amide bonds. The fourth-order valence-electron chi connectivity index (χ4n) is 5.18. The molecule has 2 atom stereocenters. The Labute approximate surface area is 225 Å². The first-order valence-corrected chi connectivity index (χ1v) is 12.7. The molecule has 0 radical (unpaired) electrons. The number of carbonyl (C=O) groups is 3. The first kappa shape index (κ1) is 29.8. The number of alkyl halides is 3. The summed E-state index contributed by atoms with van der Waals surface area (Å²) in [7, 11) is 0. The van der Waals surface area contributed by atoms with Crippen molar-refractivity contribution in [3.63, 3.8) is 0 Å². The lowest BCUT2D eigenvalue weighted by molar-refractivity contribution is -0.274. The molecule has 2 unspecified atom stereocenters. The van der Waals surface area contributed by atoms with Gasteiger partial charge in [0.1, 0.15) is 5.75 Å². The number of benzene rings is 2. The number of hydrogen-bond acceptors (Lipinski definition) is 4. The van der Waals surface area contributed by atoms with Crippen LogP contribution in [0.25, 0.3) is 0 Å². The monoisotopic (exact) mass is 549 g/mol. The summed E-state index contributed by atoms with van der Waals surface area (Å²) in [5.74, 6) is -1.38. The highest BCUT2D eigenvalue weighted by Gasteiger charge is 2.37. The van der Waals surface area contributed by atoms with Crippen molar-refractivity contribution in [2.75, 3.05) is 11.9 Å². The zero-order valence-corrected chi connectivity index (χ0v) is 22.2. The summed E-state index contributed by atoms with van der Waals surface area (Å²) in [5, 5.41) is 14.1. The van der Waals surface area contributed by atoms with Crippen molar-refractivity contribution in [1.29, 1.82) is 0 Å². The summed E-state index contributed by atoms with van der Waals surface area (Å²) in [4.78, 5) is 38.2. The number of carboxylic acid groups (broad SMARTS) is 1. The Morgan fingerprint density at radius 3 is 2.26 bits per heavy atom. The van der Waals surface area contributed by atoms with Crippen LogP contribution in [-0.2, 0) is 11.3 Å². The van der Waals surface area contributed by atoms with E-state index in [4.69, 9.17) is 5.11 Å². The predicted molar refractivity (Wildman–Crippen MR) is 139 cm³/mol. The van der Waals surface area contributed by atoms with Crippen molar-refractivity contribution < 1.29 is 37.4 Å². The van der Waals surface area contributed by atoms with E-state index in [2.05, 4.69) is 36.1 Å². The average molecular weight is 550 g/mol. The molecule has 2 aromatic carbocycles. The SMILES string of the molecule is CC1CC(N(Cc2ccc(C(=O)NCCC(=O)O)cc2)C(=O)Nc2ccc(OC(F)(F)F)cc2)CC(C)(C)C1. The molecular formula is C28H34F3N3O5. The third-order valence-corrected chi connectivity index (χ3v) is 6.60. The van der Waals surface area contributed by atoms with Gasteiger partial charge in [-0.1, -0.05) is 32.9 Å². The number of rotatable bonds is 9. The van der Waals surface area contributed by atoms with Gasteiger partial charge >= 0.3 is 18.4 Å². The number of urea groups is 1. The fraction of sp³-hybridized carbons (Fsp3) is 0.464. The maximum absolute atomic E-state index is 13.5. The third-order valence-electron chi connectivity index (χ3n) is 6.60. The highest BCUT2D eigenvalue weighted by atomic mass is 19.4. The van der Waals surface area contributed by atoms with E-state index < -0.39 is 18.2 Å². The Morgan fingerprint density at radius 1 is 1.05 bits per heavy atom. The molecule has 1 aliphatic carbocycles. The Balaban J connectivity index is 1.75. The number of carboxylic acids is 1. The van der Waals surface area contributed by atoms with Crippen LogP contribution in [0.15, 0.2) is 48.5 Å². The van der Waals surface area contributed by atoms with Gasteiger partial charge in [-0.05, 0) is 72.6 Å². The molecule has 212 valence electrons. The van der Waals surface area contributed by atoms with Gasteiger partial charge in [0.25, 0.3) is 5.91 Å². The van der Waals surface area contributed by atoms with Crippen LogP contribution in [0.2, 0.25) is 0 Å². The lowest BCUT2D eigenvalue weighted by Crippen LogP contribution is -2.47. The summed E-state index contributed by atoms with van der Waals surface area (Å²) in [6, 6.07) is 11.2. The molecule has 8 nitrogen and oxygen atoms in total. The van der Waals surface area contributed by atoms with Crippen molar-refractivity contribution in [1.82, 2.24) is 10.2 Å². The molecule has 0 aromatic heterocycles. The van der Waals surface area contributed by atoms with E-state index in [-0.39, 0.29) is 42.7 Å². The van der Waals surface area contributed by atoms with Gasteiger partial charge in [0.15, 0.2) is 0 Å². The quantitative estimate of drug-likeness (QED) is 0.354. The highest BCUT2D eigenvalue weighted by molar-refractivity contribution is 5.94. The summed E-state index contributed by atoms with van der Waals surface area (Å²) < 4.78 is 41.3. The van der Waals surface area contributed by atoms with Gasteiger partial charge in [0.2, 0.25) is 0 Å². The van der Waals surface area contributed by atoms with Crippen molar-refractivity contribution in [3.8, 4) is 5.75 Å². The second-order valence-electron chi connectivity index (χ2n) is 10.8. The summed E-state index contributed by atoms with van der Waals surface area (Å²) in [5.41, 5.74) is 1.51. The first-order valence-electron chi connectivity index (χ1n) is 12.7. The van der Waals surface area contributed by atoms with Crippen LogP contribution in [0, 0.1) is 11.3 Å². The van der Waals surface area contributed by atoms with Gasteiger partial charge in [0.05, 0.1) is 6.42 Å². The van der Waals surface area contributed by atoms with Crippen LogP contribution < -0.4 is 15.4 Å². The smallest absolute Gasteiger partial charge is 0.481 e. The Hall–Kier alpha value is -3.76. The molecule has 11 heteroatoms. The van der Waals surface area contributed by atoms with Gasteiger partial charge in [-0.2, -0.15) is 0 Å². The second kappa shape index (κ2) is 12.4. The number of anilines is 1. The van der Waals surface area contributed by atoms with Crippen LogP contribution in [0.4, 0.5) is 23.7 Å². The molecule has 0 saturated heterocycles. The number of halogens is 3. The summed E-state index contributed by atoms with van der Waals surface area (Å²) >= 11 is 0. The molecule has 0 bridgehead atoms. The topological polar surface area (TPSA) is 108 Å². The summed E-state index contributed by atoms with van der Waals surface area (Å²) in [6.07, 6.45) is -2.36. The Bertz CT molecular complexity index is 1150. The van der Waals surface area contributed by atoms with Gasteiger partial charge < -0.3 is 25.4 Å². The maximum atomic E-state index is 13.5. The molecule has 0 aliphatic heterocycles. The second-order valence-corrected chi connectivity index (χ2v) is 10.8. The van der Waals surface area contributed by atoms with Crippen molar-refractivity contribution in [2.45, 2.75) is 65.4 Å².